The highest BCUT2D eigenvalue weighted by Crippen LogP contribution is 2.19. The van der Waals surface area contributed by atoms with Gasteiger partial charge in [-0.15, -0.1) is 0 Å². The van der Waals surface area contributed by atoms with Crippen LogP contribution in [0, 0.1) is 0 Å². The molecule has 0 aromatic carbocycles. The van der Waals surface area contributed by atoms with Crippen LogP contribution < -0.4 is 11.5 Å². The highest BCUT2D eigenvalue weighted by atomic mass is 15.2. The van der Waals surface area contributed by atoms with Gasteiger partial charge in [-0.25, -0.2) is 4.52 Å². The van der Waals surface area contributed by atoms with Crippen LogP contribution in [0.1, 0.15) is 0 Å². The van der Waals surface area contributed by atoms with Crippen molar-refractivity contribution in [3.8, 4) is 0 Å². The fraction of sp³-hybridized carbons (Fsp3) is 0. The summed E-state index contributed by atoms with van der Waals surface area (Å²) in [6, 6.07) is 3.56. The standard InChI is InChI=1S/C7H8N4/c8-5-2-4-11-6(7(5)9)1-3-10-11/h1-4H,8-9H2. The van der Waals surface area contributed by atoms with Crippen molar-refractivity contribution >= 4 is 16.9 Å². The lowest BCUT2D eigenvalue weighted by Crippen LogP contribution is -1.98. The molecule has 0 aliphatic carbocycles. The van der Waals surface area contributed by atoms with Gasteiger partial charge in [0.2, 0.25) is 0 Å². The molecular weight excluding hydrogens is 140 g/mol. The molecule has 11 heavy (non-hydrogen) atoms. The summed E-state index contributed by atoms with van der Waals surface area (Å²) >= 11 is 0. The Morgan fingerprint density at radius 2 is 2.09 bits per heavy atom. The third-order valence-electron chi connectivity index (χ3n) is 1.65. The molecule has 0 aliphatic heterocycles. The molecule has 0 atom stereocenters. The van der Waals surface area contributed by atoms with Crippen LogP contribution in [0.5, 0.6) is 0 Å². The zero-order valence-electron chi connectivity index (χ0n) is 5.86. The van der Waals surface area contributed by atoms with E-state index in [-0.39, 0.29) is 0 Å². The normalized spacial score (nSPS) is 10.5. The second-order valence-corrected chi connectivity index (χ2v) is 2.35. The number of anilines is 2. The molecule has 0 amide bonds. The first-order valence-corrected chi connectivity index (χ1v) is 3.26. The fourth-order valence-electron chi connectivity index (χ4n) is 1.03. The summed E-state index contributed by atoms with van der Waals surface area (Å²) in [5, 5.41) is 4.00. The van der Waals surface area contributed by atoms with Crippen LogP contribution in [-0.4, -0.2) is 9.61 Å². The molecule has 2 aromatic heterocycles. The molecular formula is C7H8N4. The number of aromatic nitrogens is 2. The van der Waals surface area contributed by atoms with Crippen molar-refractivity contribution in [2.45, 2.75) is 0 Å². The second kappa shape index (κ2) is 1.88. The van der Waals surface area contributed by atoms with E-state index in [0.29, 0.717) is 11.4 Å². The molecule has 0 aliphatic rings. The number of fused-ring (bicyclic) bond motifs is 1. The third kappa shape index (κ3) is 0.724. The van der Waals surface area contributed by atoms with Crippen LogP contribution >= 0.6 is 0 Å². The number of hydrogen-bond donors (Lipinski definition) is 2. The van der Waals surface area contributed by atoms with E-state index in [1.807, 2.05) is 6.07 Å². The molecule has 2 heterocycles. The summed E-state index contributed by atoms with van der Waals surface area (Å²) in [7, 11) is 0. The first-order chi connectivity index (χ1) is 5.29. The molecule has 0 unspecified atom stereocenters. The quantitative estimate of drug-likeness (QED) is 0.571. The van der Waals surface area contributed by atoms with Crippen LogP contribution in [0.25, 0.3) is 5.52 Å². The summed E-state index contributed by atoms with van der Waals surface area (Å²) < 4.78 is 1.69. The highest BCUT2D eigenvalue weighted by Gasteiger charge is 2.00. The van der Waals surface area contributed by atoms with Crippen LogP contribution in [0.4, 0.5) is 11.4 Å². The Balaban J connectivity index is 2.93. The van der Waals surface area contributed by atoms with Crippen molar-refractivity contribution < 1.29 is 0 Å². The molecule has 2 rings (SSSR count). The monoisotopic (exact) mass is 148 g/mol. The van der Waals surface area contributed by atoms with Crippen molar-refractivity contribution in [1.29, 1.82) is 0 Å². The Kier molecular flexibility index (Phi) is 1.03. The molecule has 0 bridgehead atoms. The van der Waals surface area contributed by atoms with Crippen molar-refractivity contribution in [2.75, 3.05) is 11.5 Å². The SMILES string of the molecule is Nc1ccn2nccc2c1N. The maximum atomic E-state index is 5.68. The van der Waals surface area contributed by atoms with E-state index >= 15 is 0 Å². The average molecular weight is 148 g/mol. The largest absolute Gasteiger partial charge is 0.397 e. The number of nitrogens with two attached hydrogens (primary N) is 2. The summed E-state index contributed by atoms with van der Waals surface area (Å²) in [6.07, 6.45) is 3.46. The number of nitrogen functional groups attached to an aromatic ring is 2. The molecule has 0 saturated heterocycles. The maximum absolute atomic E-state index is 5.68. The first kappa shape index (κ1) is 6.03. The zero-order valence-corrected chi connectivity index (χ0v) is 5.86. The van der Waals surface area contributed by atoms with Gasteiger partial charge in [0, 0.05) is 6.20 Å². The van der Waals surface area contributed by atoms with Crippen molar-refractivity contribution in [3.05, 3.63) is 24.5 Å². The first-order valence-electron chi connectivity index (χ1n) is 3.26. The minimum Gasteiger partial charge on any atom is -0.397 e. The van der Waals surface area contributed by atoms with Gasteiger partial charge in [-0.05, 0) is 12.1 Å². The molecule has 56 valence electrons. The van der Waals surface area contributed by atoms with E-state index in [2.05, 4.69) is 5.10 Å². The Labute approximate surface area is 63.4 Å². The van der Waals surface area contributed by atoms with Gasteiger partial charge in [0.1, 0.15) is 0 Å². The van der Waals surface area contributed by atoms with Gasteiger partial charge in [0.05, 0.1) is 23.1 Å². The number of nitrogens with zero attached hydrogens (tertiary/aromatic N) is 2. The smallest absolute Gasteiger partial charge is 0.0911 e. The van der Waals surface area contributed by atoms with Gasteiger partial charge in [0.15, 0.2) is 0 Å². The highest BCUT2D eigenvalue weighted by molar-refractivity contribution is 5.80. The van der Waals surface area contributed by atoms with Gasteiger partial charge in [-0.2, -0.15) is 5.10 Å². The molecule has 2 aromatic rings. The van der Waals surface area contributed by atoms with Crippen LogP contribution in [-0.2, 0) is 0 Å². The fourth-order valence-corrected chi connectivity index (χ4v) is 1.03. The van der Waals surface area contributed by atoms with Gasteiger partial charge >= 0.3 is 0 Å². The zero-order chi connectivity index (χ0) is 7.84. The van der Waals surface area contributed by atoms with Crippen molar-refractivity contribution in [1.82, 2.24) is 9.61 Å². The van der Waals surface area contributed by atoms with Crippen LogP contribution in [0.15, 0.2) is 24.5 Å². The predicted octanol–water partition coefficient (Wildman–Crippen LogP) is 0.499. The molecule has 0 fully saturated rings. The average Bonchev–Trinajstić information content (AvgIpc) is 2.45. The number of hydrogen-bond acceptors (Lipinski definition) is 3. The summed E-state index contributed by atoms with van der Waals surface area (Å²) in [5.74, 6) is 0. The lowest BCUT2D eigenvalue weighted by molar-refractivity contribution is 0.963. The lowest BCUT2D eigenvalue weighted by atomic mass is 10.3. The van der Waals surface area contributed by atoms with Crippen molar-refractivity contribution in [2.24, 2.45) is 0 Å². The lowest BCUT2D eigenvalue weighted by Gasteiger charge is -2.00. The molecule has 4 nitrogen and oxygen atoms in total. The Morgan fingerprint density at radius 1 is 1.27 bits per heavy atom. The maximum Gasteiger partial charge on any atom is 0.0911 e. The molecule has 4 N–H and O–H groups in total. The van der Waals surface area contributed by atoms with E-state index < -0.39 is 0 Å². The molecule has 4 heteroatoms. The van der Waals surface area contributed by atoms with E-state index in [9.17, 15) is 0 Å². The minimum absolute atomic E-state index is 0.588. The second-order valence-electron chi connectivity index (χ2n) is 2.35. The Morgan fingerprint density at radius 3 is 2.91 bits per heavy atom. The third-order valence-corrected chi connectivity index (χ3v) is 1.65. The van der Waals surface area contributed by atoms with E-state index in [0.717, 1.165) is 5.52 Å². The van der Waals surface area contributed by atoms with E-state index in [1.165, 1.54) is 0 Å². The summed E-state index contributed by atoms with van der Waals surface area (Å²) in [5.41, 5.74) is 13.3. The topological polar surface area (TPSA) is 69.3 Å². The summed E-state index contributed by atoms with van der Waals surface area (Å²) in [4.78, 5) is 0. The Bertz CT molecular complexity index is 390. The van der Waals surface area contributed by atoms with Crippen molar-refractivity contribution in [3.63, 3.8) is 0 Å². The van der Waals surface area contributed by atoms with Gasteiger partial charge in [-0.1, -0.05) is 0 Å². The number of pyridine rings is 1. The summed E-state index contributed by atoms with van der Waals surface area (Å²) in [6.45, 7) is 0. The number of rotatable bonds is 0. The van der Waals surface area contributed by atoms with Crippen LogP contribution in [0.2, 0.25) is 0 Å². The Hall–Kier alpha value is -1.71. The van der Waals surface area contributed by atoms with Gasteiger partial charge in [0.25, 0.3) is 0 Å². The minimum atomic E-state index is 0.588. The molecule has 0 saturated carbocycles. The van der Waals surface area contributed by atoms with Crippen LogP contribution in [0.3, 0.4) is 0 Å². The molecule has 0 spiro atoms. The van der Waals surface area contributed by atoms with E-state index in [1.54, 1.807) is 23.0 Å². The van der Waals surface area contributed by atoms with Gasteiger partial charge < -0.3 is 11.5 Å². The van der Waals surface area contributed by atoms with E-state index in [4.69, 9.17) is 11.5 Å². The van der Waals surface area contributed by atoms with Gasteiger partial charge in [-0.3, -0.25) is 0 Å². The molecule has 0 radical (unpaired) electrons. The predicted molar refractivity (Wildman–Crippen MR) is 44.0 cm³/mol.